The molecule has 2 heteroatoms. The van der Waals surface area contributed by atoms with E-state index in [2.05, 4.69) is 37.9 Å². The zero-order valence-electron chi connectivity index (χ0n) is 12.9. The number of rotatable bonds is 3. The van der Waals surface area contributed by atoms with Gasteiger partial charge in [0.25, 0.3) is 0 Å². The van der Waals surface area contributed by atoms with E-state index in [-0.39, 0.29) is 5.54 Å². The van der Waals surface area contributed by atoms with Gasteiger partial charge in [-0.25, -0.2) is 0 Å². The molecular formula is C16H32N2. The molecule has 0 aromatic carbocycles. The predicted octanol–water partition coefficient (Wildman–Crippen LogP) is 3.42. The summed E-state index contributed by atoms with van der Waals surface area (Å²) in [5, 5.41) is 3.98. The van der Waals surface area contributed by atoms with Crippen LogP contribution in [0, 0.1) is 5.92 Å². The fraction of sp³-hybridized carbons (Fsp3) is 1.00. The van der Waals surface area contributed by atoms with E-state index >= 15 is 0 Å². The predicted molar refractivity (Wildman–Crippen MR) is 78.9 cm³/mol. The molecule has 2 nitrogen and oxygen atoms in total. The third-order valence-corrected chi connectivity index (χ3v) is 4.58. The smallest absolute Gasteiger partial charge is 0.0313 e. The SMILES string of the molecule is CC(C)CCN1CC(C)(C)NC2(CCCCC2)C1. The van der Waals surface area contributed by atoms with Crippen molar-refractivity contribution in [2.45, 2.75) is 77.3 Å². The van der Waals surface area contributed by atoms with E-state index in [4.69, 9.17) is 0 Å². The van der Waals surface area contributed by atoms with E-state index in [1.807, 2.05) is 0 Å². The lowest BCUT2D eigenvalue weighted by atomic mass is 9.77. The number of nitrogens with one attached hydrogen (secondary N) is 1. The van der Waals surface area contributed by atoms with Crippen molar-refractivity contribution in [3.8, 4) is 0 Å². The van der Waals surface area contributed by atoms with Crippen molar-refractivity contribution in [2.75, 3.05) is 19.6 Å². The van der Waals surface area contributed by atoms with Crippen LogP contribution in [0.4, 0.5) is 0 Å². The van der Waals surface area contributed by atoms with Gasteiger partial charge in [-0.05, 0) is 45.6 Å². The van der Waals surface area contributed by atoms with E-state index in [9.17, 15) is 0 Å². The van der Waals surface area contributed by atoms with Gasteiger partial charge < -0.3 is 5.32 Å². The Morgan fingerprint density at radius 2 is 1.72 bits per heavy atom. The summed E-state index contributed by atoms with van der Waals surface area (Å²) in [6.45, 7) is 13.2. The maximum atomic E-state index is 3.98. The Labute approximate surface area is 114 Å². The second kappa shape index (κ2) is 5.50. The highest BCUT2D eigenvalue weighted by Gasteiger charge is 2.42. The van der Waals surface area contributed by atoms with E-state index in [1.54, 1.807) is 0 Å². The number of hydrogen-bond donors (Lipinski definition) is 1. The van der Waals surface area contributed by atoms with Gasteiger partial charge in [-0.1, -0.05) is 33.1 Å². The summed E-state index contributed by atoms with van der Waals surface area (Å²) in [5.41, 5.74) is 0.712. The second-order valence-corrected chi connectivity index (χ2v) is 7.74. The first-order valence-corrected chi connectivity index (χ1v) is 7.93. The fourth-order valence-corrected chi connectivity index (χ4v) is 3.95. The Bertz CT molecular complexity index is 264. The lowest BCUT2D eigenvalue weighted by Gasteiger charge is -2.53. The topological polar surface area (TPSA) is 15.3 Å². The largest absolute Gasteiger partial charge is 0.304 e. The van der Waals surface area contributed by atoms with Crippen LogP contribution in [0.1, 0.15) is 66.2 Å². The molecule has 0 aromatic heterocycles. The molecule has 0 unspecified atom stereocenters. The average molecular weight is 252 g/mol. The highest BCUT2D eigenvalue weighted by atomic mass is 15.3. The van der Waals surface area contributed by atoms with E-state index in [0.717, 1.165) is 5.92 Å². The van der Waals surface area contributed by atoms with Gasteiger partial charge in [0, 0.05) is 24.2 Å². The number of piperazine rings is 1. The van der Waals surface area contributed by atoms with Gasteiger partial charge in [-0.2, -0.15) is 0 Å². The maximum Gasteiger partial charge on any atom is 0.0313 e. The first-order valence-electron chi connectivity index (χ1n) is 7.93. The molecule has 1 saturated carbocycles. The van der Waals surface area contributed by atoms with Crippen LogP contribution in [0.5, 0.6) is 0 Å². The van der Waals surface area contributed by atoms with Crippen molar-refractivity contribution in [3.63, 3.8) is 0 Å². The molecule has 0 bridgehead atoms. The monoisotopic (exact) mass is 252 g/mol. The van der Waals surface area contributed by atoms with Crippen molar-refractivity contribution in [3.05, 3.63) is 0 Å². The van der Waals surface area contributed by atoms with E-state index < -0.39 is 0 Å². The van der Waals surface area contributed by atoms with Crippen molar-refractivity contribution in [1.82, 2.24) is 10.2 Å². The molecule has 0 radical (unpaired) electrons. The zero-order chi connectivity index (χ0) is 13.2. The van der Waals surface area contributed by atoms with Gasteiger partial charge >= 0.3 is 0 Å². The van der Waals surface area contributed by atoms with Crippen LogP contribution in [0.3, 0.4) is 0 Å². The van der Waals surface area contributed by atoms with Crippen molar-refractivity contribution >= 4 is 0 Å². The van der Waals surface area contributed by atoms with Crippen molar-refractivity contribution in [2.24, 2.45) is 5.92 Å². The molecule has 2 aliphatic rings. The van der Waals surface area contributed by atoms with Crippen LogP contribution in [-0.2, 0) is 0 Å². The molecular weight excluding hydrogens is 220 g/mol. The average Bonchev–Trinajstić information content (AvgIpc) is 2.25. The third kappa shape index (κ3) is 3.71. The van der Waals surface area contributed by atoms with Crippen LogP contribution in [0.15, 0.2) is 0 Å². The Morgan fingerprint density at radius 1 is 1.06 bits per heavy atom. The molecule has 1 saturated heterocycles. The van der Waals surface area contributed by atoms with Gasteiger partial charge in [0.1, 0.15) is 0 Å². The Morgan fingerprint density at radius 3 is 2.33 bits per heavy atom. The van der Waals surface area contributed by atoms with Crippen LogP contribution in [0.2, 0.25) is 0 Å². The molecule has 1 aliphatic heterocycles. The normalized spacial score (nSPS) is 27.8. The van der Waals surface area contributed by atoms with Crippen LogP contribution in [-0.4, -0.2) is 35.6 Å². The first-order chi connectivity index (χ1) is 8.41. The molecule has 0 amide bonds. The lowest BCUT2D eigenvalue weighted by Crippen LogP contribution is -2.69. The summed E-state index contributed by atoms with van der Waals surface area (Å²) >= 11 is 0. The first kappa shape index (κ1) is 14.3. The Kier molecular flexibility index (Phi) is 4.38. The molecule has 0 atom stereocenters. The van der Waals surface area contributed by atoms with Gasteiger partial charge in [0.05, 0.1) is 0 Å². The third-order valence-electron chi connectivity index (χ3n) is 4.58. The summed E-state index contributed by atoms with van der Waals surface area (Å²) < 4.78 is 0. The maximum absolute atomic E-state index is 3.98. The molecule has 2 fully saturated rings. The van der Waals surface area contributed by atoms with Gasteiger partial charge in [-0.3, -0.25) is 4.90 Å². The summed E-state index contributed by atoms with van der Waals surface area (Å²) in [5.74, 6) is 0.824. The van der Waals surface area contributed by atoms with Crippen LogP contribution in [0.25, 0.3) is 0 Å². The zero-order valence-corrected chi connectivity index (χ0v) is 12.9. The Hall–Kier alpha value is -0.0800. The molecule has 1 spiro atoms. The Balaban J connectivity index is 1.99. The minimum Gasteiger partial charge on any atom is -0.304 e. The molecule has 1 aliphatic carbocycles. The fourth-order valence-electron chi connectivity index (χ4n) is 3.95. The van der Waals surface area contributed by atoms with Crippen LogP contribution < -0.4 is 5.32 Å². The molecule has 1 N–H and O–H groups in total. The van der Waals surface area contributed by atoms with Crippen molar-refractivity contribution in [1.29, 1.82) is 0 Å². The minimum atomic E-state index is 0.284. The summed E-state index contributed by atoms with van der Waals surface area (Å²) in [6.07, 6.45) is 8.38. The number of hydrogen-bond acceptors (Lipinski definition) is 2. The van der Waals surface area contributed by atoms with Crippen molar-refractivity contribution < 1.29 is 0 Å². The molecule has 0 aromatic rings. The summed E-state index contributed by atoms with van der Waals surface area (Å²) in [7, 11) is 0. The van der Waals surface area contributed by atoms with E-state index in [1.165, 1.54) is 58.2 Å². The molecule has 1 heterocycles. The highest BCUT2D eigenvalue weighted by Crippen LogP contribution is 2.34. The van der Waals surface area contributed by atoms with Crippen LogP contribution >= 0.6 is 0 Å². The number of nitrogens with zero attached hydrogens (tertiary/aromatic N) is 1. The van der Waals surface area contributed by atoms with Gasteiger partial charge in [0.15, 0.2) is 0 Å². The van der Waals surface area contributed by atoms with E-state index in [0.29, 0.717) is 5.54 Å². The highest BCUT2D eigenvalue weighted by molar-refractivity contribution is 5.03. The molecule has 106 valence electrons. The lowest BCUT2D eigenvalue weighted by molar-refractivity contribution is 0.0349. The van der Waals surface area contributed by atoms with Gasteiger partial charge in [-0.15, -0.1) is 0 Å². The second-order valence-electron chi connectivity index (χ2n) is 7.74. The standard InChI is InChI=1S/C16H32N2/c1-14(2)8-11-18-12-15(3,4)17-16(13-18)9-6-5-7-10-16/h14,17H,5-13H2,1-4H3. The quantitative estimate of drug-likeness (QED) is 0.828. The summed E-state index contributed by atoms with van der Waals surface area (Å²) in [4.78, 5) is 2.72. The minimum absolute atomic E-state index is 0.284. The summed E-state index contributed by atoms with van der Waals surface area (Å²) in [6, 6.07) is 0. The molecule has 18 heavy (non-hydrogen) atoms. The van der Waals surface area contributed by atoms with Gasteiger partial charge in [0.2, 0.25) is 0 Å². The molecule has 2 rings (SSSR count).